The van der Waals surface area contributed by atoms with Crippen molar-refractivity contribution in [2.24, 2.45) is 0 Å². The lowest BCUT2D eigenvalue weighted by molar-refractivity contribution is 0.482. The second-order valence-electron chi connectivity index (χ2n) is 7.44. The third-order valence-electron chi connectivity index (χ3n) is 5.59. The van der Waals surface area contributed by atoms with E-state index in [2.05, 4.69) is 9.97 Å². The largest absolute Gasteiger partial charge is 0.354 e. The van der Waals surface area contributed by atoms with Crippen LogP contribution < -0.4 is 10.9 Å². The van der Waals surface area contributed by atoms with Crippen molar-refractivity contribution in [1.82, 2.24) is 9.97 Å². The molecule has 0 saturated carbocycles. The summed E-state index contributed by atoms with van der Waals surface area (Å²) in [6, 6.07) is 11.5. The summed E-state index contributed by atoms with van der Waals surface area (Å²) >= 11 is 0. The number of aryl methyl sites for hydroxylation is 2. The van der Waals surface area contributed by atoms with E-state index in [9.17, 15) is 22.6 Å². The summed E-state index contributed by atoms with van der Waals surface area (Å²) in [4.78, 5) is 32.4. The molecular formula is C22H16N2O5S. The summed E-state index contributed by atoms with van der Waals surface area (Å²) in [5.74, 6) is 0. The molecule has 8 heteroatoms. The van der Waals surface area contributed by atoms with E-state index in [1.54, 1.807) is 25.1 Å². The van der Waals surface area contributed by atoms with Gasteiger partial charge in [-0.1, -0.05) is 12.1 Å². The fourth-order valence-electron chi connectivity index (χ4n) is 4.16. The van der Waals surface area contributed by atoms with Crippen LogP contribution in [0, 0.1) is 13.8 Å². The normalized spacial score (nSPS) is 12.4. The van der Waals surface area contributed by atoms with Gasteiger partial charge in [-0.25, -0.2) is 0 Å². The van der Waals surface area contributed by atoms with Gasteiger partial charge < -0.3 is 9.97 Å². The highest BCUT2D eigenvalue weighted by Crippen LogP contribution is 2.27. The van der Waals surface area contributed by atoms with Crippen LogP contribution in [0.4, 0.5) is 0 Å². The Hall–Kier alpha value is -3.49. The predicted molar refractivity (Wildman–Crippen MR) is 117 cm³/mol. The number of para-hydroxylation sites is 1. The molecule has 2 heterocycles. The smallest absolute Gasteiger partial charge is 0.294 e. The van der Waals surface area contributed by atoms with Gasteiger partial charge in [0.2, 0.25) is 0 Å². The third kappa shape index (κ3) is 2.51. The topological polar surface area (TPSA) is 120 Å². The Bertz CT molecular complexity index is 1780. The first-order valence-electron chi connectivity index (χ1n) is 9.19. The molecule has 5 aromatic rings. The molecule has 0 aliphatic carbocycles. The zero-order chi connectivity index (χ0) is 21.4. The number of benzene rings is 3. The van der Waals surface area contributed by atoms with Crippen molar-refractivity contribution in [1.29, 1.82) is 0 Å². The summed E-state index contributed by atoms with van der Waals surface area (Å²) in [6.45, 7) is 3.29. The Morgan fingerprint density at radius 2 is 1.53 bits per heavy atom. The van der Waals surface area contributed by atoms with E-state index in [0.29, 0.717) is 43.7 Å². The zero-order valence-electron chi connectivity index (χ0n) is 16.0. The molecule has 0 bridgehead atoms. The van der Waals surface area contributed by atoms with E-state index >= 15 is 0 Å². The molecule has 0 fully saturated rings. The van der Waals surface area contributed by atoms with Crippen LogP contribution in [0.1, 0.15) is 11.1 Å². The molecule has 150 valence electrons. The molecule has 0 amide bonds. The van der Waals surface area contributed by atoms with Crippen molar-refractivity contribution >= 4 is 53.7 Å². The van der Waals surface area contributed by atoms with Crippen LogP contribution in [0.25, 0.3) is 43.6 Å². The maximum Gasteiger partial charge on any atom is 0.294 e. The van der Waals surface area contributed by atoms with Gasteiger partial charge in [0.15, 0.2) is 10.9 Å². The van der Waals surface area contributed by atoms with Crippen LogP contribution >= 0.6 is 0 Å². The van der Waals surface area contributed by atoms with Crippen molar-refractivity contribution in [3.8, 4) is 0 Å². The van der Waals surface area contributed by atoms with Gasteiger partial charge in [0.05, 0.1) is 26.8 Å². The van der Waals surface area contributed by atoms with Gasteiger partial charge in [0.1, 0.15) is 0 Å². The van der Waals surface area contributed by atoms with Gasteiger partial charge >= 0.3 is 0 Å². The molecule has 3 aromatic carbocycles. The van der Waals surface area contributed by atoms with Crippen molar-refractivity contribution in [2.45, 2.75) is 18.7 Å². The summed E-state index contributed by atoms with van der Waals surface area (Å²) < 4.78 is 32.8. The fraction of sp³-hybridized carbons (Fsp3) is 0.0909. The van der Waals surface area contributed by atoms with Crippen molar-refractivity contribution < 1.29 is 13.0 Å². The molecule has 7 nitrogen and oxygen atoms in total. The SMILES string of the molecule is Cc1cc2c(=O)c3c(C)c4[nH]c5ccccc5c(=O)c4cc3[nH]c2cc1S(=O)(=O)O. The van der Waals surface area contributed by atoms with Gasteiger partial charge in [-0.05, 0) is 55.3 Å². The lowest BCUT2D eigenvalue weighted by atomic mass is 10.00. The Morgan fingerprint density at radius 1 is 0.800 bits per heavy atom. The first kappa shape index (κ1) is 18.5. The molecule has 0 aliphatic heterocycles. The Balaban J connectivity index is 2.01. The molecular weight excluding hydrogens is 404 g/mol. The molecule has 0 aliphatic rings. The van der Waals surface area contributed by atoms with Crippen LogP contribution in [0.2, 0.25) is 0 Å². The van der Waals surface area contributed by atoms with E-state index in [1.165, 1.54) is 19.1 Å². The van der Waals surface area contributed by atoms with Crippen molar-refractivity contribution in [3.05, 3.63) is 74.0 Å². The van der Waals surface area contributed by atoms with E-state index in [0.717, 1.165) is 0 Å². The van der Waals surface area contributed by atoms with Gasteiger partial charge in [-0.15, -0.1) is 0 Å². The number of rotatable bonds is 1. The molecule has 0 atom stereocenters. The fourth-order valence-corrected chi connectivity index (χ4v) is 4.89. The minimum Gasteiger partial charge on any atom is -0.354 e. The van der Waals surface area contributed by atoms with Gasteiger partial charge in [0.25, 0.3) is 10.1 Å². The molecule has 2 aromatic heterocycles. The minimum atomic E-state index is -4.44. The molecule has 0 saturated heterocycles. The number of aromatic nitrogens is 2. The summed E-state index contributed by atoms with van der Waals surface area (Å²) in [6.07, 6.45) is 0. The van der Waals surface area contributed by atoms with Crippen LogP contribution in [-0.2, 0) is 10.1 Å². The molecule has 0 spiro atoms. The number of fused-ring (bicyclic) bond motifs is 4. The average molecular weight is 420 g/mol. The number of hydrogen-bond donors (Lipinski definition) is 3. The van der Waals surface area contributed by atoms with E-state index in [1.807, 2.05) is 12.1 Å². The molecule has 0 unspecified atom stereocenters. The third-order valence-corrected chi connectivity index (χ3v) is 6.58. The lowest BCUT2D eigenvalue weighted by Gasteiger charge is -2.11. The van der Waals surface area contributed by atoms with Crippen LogP contribution in [0.5, 0.6) is 0 Å². The van der Waals surface area contributed by atoms with E-state index < -0.39 is 10.1 Å². The quantitative estimate of drug-likeness (QED) is 0.283. The number of H-pyrrole nitrogens is 2. The first-order chi connectivity index (χ1) is 14.2. The monoisotopic (exact) mass is 420 g/mol. The number of aromatic amines is 2. The van der Waals surface area contributed by atoms with Crippen LogP contribution in [-0.4, -0.2) is 22.9 Å². The molecule has 5 rings (SSSR count). The predicted octanol–water partition coefficient (Wildman–Crippen LogP) is 3.54. The summed E-state index contributed by atoms with van der Waals surface area (Å²) in [5.41, 5.74) is 2.42. The van der Waals surface area contributed by atoms with E-state index in [-0.39, 0.29) is 26.8 Å². The summed E-state index contributed by atoms with van der Waals surface area (Å²) in [7, 11) is -4.44. The van der Waals surface area contributed by atoms with E-state index in [4.69, 9.17) is 0 Å². The number of pyridine rings is 2. The minimum absolute atomic E-state index is 0.159. The van der Waals surface area contributed by atoms with Gasteiger partial charge in [0, 0.05) is 21.7 Å². The Kier molecular flexibility index (Phi) is 3.71. The van der Waals surface area contributed by atoms with Crippen molar-refractivity contribution in [2.75, 3.05) is 0 Å². The molecule has 3 N–H and O–H groups in total. The van der Waals surface area contributed by atoms with Crippen LogP contribution in [0.15, 0.2) is 56.9 Å². The molecule has 0 radical (unpaired) electrons. The highest BCUT2D eigenvalue weighted by atomic mass is 32.2. The number of nitrogens with one attached hydrogen (secondary N) is 2. The van der Waals surface area contributed by atoms with Gasteiger partial charge in [-0.2, -0.15) is 8.42 Å². The summed E-state index contributed by atoms with van der Waals surface area (Å²) in [5, 5.41) is 1.69. The first-order valence-corrected chi connectivity index (χ1v) is 10.6. The zero-order valence-corrected chi connectivity index (χ0v) is 16.8. The van der Waals surface area contributed by atoms with Crippen molar-refractivity contribution in [3.63, 3.8) is 0 Å². The highest BCUT2D eigenvalue weighted by molar-refractivity contribution is 7.85. The van der Waals surface area contributed by atoms with Gasteiger partial charge in [-0.3, -0.25) is 14.1 Å². The lowest BCUT2D eigenvalue weighted by Crippen LogP contribution is -2.11. The maximum absolute atomic E-state index is 13.3. The number of hydrogen-bond acceptors (Lipinski definition) is 4. The highest BCUT2D eigenvalue weighted by Gasteiger charge is 2.18. The Morgan fingerprint density at radius 3 is 2.27 bits per heavy atom. The second-order valence-corrected chi connectivity index (χ2v) is 8.83. The average Bonchev–Trinajstić information content (AvgIpc) is 2.69. The Labute approximate surface area is 169 Å². The second kappa shape index (κ2) is 6.01. The maximum atomic E-state index is 13.3. The van der Waals surface area contributed by atoms with Crippen LogP contribution in [0.3, 0.4) is 0 Å². The standard InChI is InChI=1S/C22H16N2O5S/c1-10-7-13-16(9-18(10)30(27,28)29)23-17-8-14-20(11(2)19(17)22(13)26)24-15-6-4-3-5-12(15)21(14)25/h3-9H,1-2H3,(H,23,26)(H,24,25)(H,27,28,29). The molecule has 30 heavy (non-hydrogen) atoms.